The predicted molar refractivity (Wildman–Crippen MR) is 102 cm³/mol. The zero-order valence-electron chi connectivity index (χ0n) is 14.9. The number of halogens is 1. The molecule has 0 unspecified atom stereocenters. The summed E-state index contributed by atoms with van der Waals surface area (Å²) in [5, 5.41) is 5.93. The molecule has 0 saturated heterocycles. The second kappa shape index (κ2) is 8.45. The van der Waals surface area contributed by atoms with E-state index >= 15 is 0 Å². The lowest BCUT2D eigenvalue weighted by Crippen LogP contribution is -2.40. The van der Waals surface area contributed by atoms with Crippen molar-refractivity contribution < 1.29 is 13.9 Å². The third-order valence-corrected chi connectivity index (χ3v) is 5.48. The van der Waals surface area contributed by atoms with Crippen LogP contribution in [0, 0.1) is 5.82 Å². The fourth-order valence-corrected chi connectivity index (χ4v) is 4.12. The Kier molecular flexibility index (Phi) is 6.04. The van der Waals surface area contributed by atoms with E-state index in [0.717, 1.165) is 33.9 Å². The minimum atomic E-state index is -0.277. The van der Waals surface area contributed by atoms with Gasteiger partial charge in [0, 0.05) is 10.6 Å². The number of fused-ring (bicyclic) bond motifs is 1. The molecular formula is C20H23FN2O2S. The van der Waals surface area contributed by atoms with E-state index in [2.05, 4.69) is 10.6 Å². The Balaban J connectivity index is 1.61. The number of carbonyl (C=O) groups is 1. The van der Waals surface area contributed by atoms with Crippen LogP contribution in [-0.4, -0.2) is 18.4 Å². The average molecular weight is 374 g/mol. The topological polar surface area (TPSA) is 50.4 Å². The van der Waals surface area contributed by atoms with E-state index in [0.29, 0.717) is 6.61 Å². The van der Waals surface area contributed by atoms with Crippen LogP contribution in [-0.2, 0) is 0 Å². The molecule has 2 aromatic carbocycles. The molecular weight excluding hydrogens is 351 g/mol. The zero-order chi connectivity index (χ0) is 18.5. The number of urea groups is 1. The van der Waals surface area contributed by atoms with Crippen LogP contribution in [0.25, 0.3) is 0 Å². The van der Waals surface area contributed by atoms with Crippen molar-refractivity contribution in [3.8, 4) is 5.75 Å². The number of benzene rings is 2. The molecule has 1 aliphatic rings. The summed E-state index contributed by atoms with van der Waals surface area (Å²) in [6, 6.07) is 11.9. The second-order valence-corrected chi connectivity index (χ2v) is 7.35. The summed E-state index contributed by atoms with van der Waals surface area (Å²) < 4.78 is 19.0. The van der Waals surface area contributed by atoms with Crippen LogP contribution in [0.3, 0.4) is 0 Å². The number of rotatable bonds is 5. The Morgan fingerprint density at radius 2 is 2.08 bits per heavy atom. The van der Waals surface area contributed by atoms with Crippen LogP contribution in [0.5, 0.6) is 5.75 Å². The van der Waals surface area contributed by atoms with Crippen molar-refractivity contribution in [1.82, 2.24) is 10.6 Å². The lowest BCUT2D eigenvalue weighted by Gasteiger charge is -2.27. The first-order valence-electron chi connectivity index (χ1n) is 8.79. The number of amides is 2. The van der Waals surface area contributed by atoms with E-state index in [-0.39, 0.29) is 23.9 Å². The highest BCUT2D eigenvalue weighted by atomic mass is 32.2. The first-order valence-corrected chi connectivity index (χ1v) is 9.77. The minimum absolute atomic E-state index is 0.143. The van der Waals surface area contributed by atoms with E-state index in [1.165, 1.54) is 12.1 Å². The summed E-state index contributed by atoms with van der Waals surface area (Å²) in [5.41, 5.74) is 1.85. The Bertz CT molecular complexity index is 767. The highest BCUT2D eigenvalue weighted by molar-refractivity contribution is 7.99. The summed E-state index contributed by atoms with van der Waals surface area (Å²) in [4.78, 5) is 13.4. The van der Waals surface area contributed by atoms with Crippen molar-refractivity contribution in [3.63, 3.8) is 0 Å². The number of carbonyl (C=O) groups excluding carboxylic acids is 1. The molecule has 26 heavy (non-hydrogen) atoms. The normalized spacial score (nSPS) is 17.1. The van der Waals surface area contributed by atoms with Crippen molar-refractivity contribution >= 4 is 17.8 Å². The van der Waals surface area contributed by atoms with Gasteiger partial charge in [0.1, 0.15) is 11.6 Å². The largest absolute Gasteiger partial charge is 0.494 e. The molecule has 0 radical (unpaired) electrons. The SMILES string of the molecule is CCOc1ccc([C@H](C)NC(=O)N[C@H]2CCSc3ccc(F)cc32)cc1. The molecule has 1 heterocycles. The number of thioether (sulfide) groups is 1. The van der Waals surface area contributed by atoms with E-state index in [9.17, 15) is 9.18 Å². The van der Waals surface area contributed by atoms with Crippen LogP contribution in [0.2, 0.25) is 0 Å². The fraction of sp³-hybridized carbons (Fsp3) is 0.350. The quantitative estimate of drug-likeness (QED) is 0.789. The monoisotopic (exact) mass is 374 g/mol. The molecule has 6 heteroatoms. The van der Waals surface area contributed by atoms with Gasteiger partial charge < -0.3 is 15.4 Å². The highest BCUT2D eigenvalue weighted by Gasteiger charge is 2.23. The fourth-order valence-electron chi connectivity index (χ4n) is 3.01. The molecule has 0 aromatic heterocycles. The van der Waals surface area contributed by atoms with Gasteiger partial charge >= 0.3 is 6.03 Å². The Morgan fingerprint density at radius 3 is 2.81 bits per heavy atom. The van der Waals surface area contributed by atoms with Gasteiger partial charge in [0.25, 0.3) is 0 Å². The number of nitrogens with one attached hydrogen (secondary N) is 2. The van der Waals surface area contributed by atoms with E-state index in [4.69, 9.17) is 4.74 Å². The first kappa shape index (κ1) is 18.6. The lowest BCUT2D eigenvalue weighted by molar-refractivity contribution is 0.233. The van der Waals surface area contributed by atoms with Crippen molar-refractivity contribution in [3.05, 3.63) is 59.4 Å². The molecule has 1 aliphatic heterocycles. The van der Waals surface area contributed by atoms with Gasteiger partial charge in [-0.3, -0.25) is 0 Å². The van der Waals surface area contributed by atoms with Crippen LogP contribution in [0.15, 0.2) is 47.4 Å². The summed E-state index contributed by atoms with van der Waals surface area (Å²) >= 11 is 1.69. The molecule has 4 nitrogen and oxygen atoms in total. The molecule has 2 amide bonds. The Labute approximate surface area is 157 Å². The predicted octanol–water partition coefficient (Wildman–Crippen LogP) is 4.82. The lowest BCUT2D eigenvalue weighted by atomic mass is 10.0. The van der Waals surface area contributed by atoms with Gasteiger partial charge in [-0.25, -0.2) is 9.18 Å². The summed E-state index contributed by atoms with van der Waals surface area (Å²) in [6.07, 6.45) is 0.784. The molecule has 0 fully saturated rings. The molecule has 2 atom stereocenters. The maximum atomic E-state index is 13.6. The Hall–Kier alpha value is -2.21. The molecule has 0 saturated carbocycles. The van der Waals surface area contributed by atoms with Gasteiger partial charge in [0.15, 0.2) is 0 Å². The van der Waals surface area contributed by atoms with Crippen molar-refractivity contribution in [2.24, 2.45) is 0 Å². The van der Waals surface area contributed by atoms with Crippen molar-refractivity contribution in [1.29, 1.82) is 0 Å². The van der Waals surface area contributed by atoms with Gasteiger partial charge in [-0.15, -0.1) is 11.8 Å². The van der Waals surface area contributed by atoms with E-state index in [1.54, 1.807) is 17.8 Å². The number of hydrogen-bond acceptors (Lipinski definition) is 3. The van der Waals surface area contributed by atoms with Crippen LogP contribution in [0.4, 0.5) is 9.18 Å². The van der Waals surface area contributed by atoms with Crippen LogP contribution < -0.4 is 15.4 Å². The Morgan fingerprint density at radius 1 is 1.31 bits per heavy atom. The third kappa shape index (κ3) is 4.49. The summed E-state index contributed by atoms with van der Waals surface area (Å²) in [6.45, 7) is 4.49. The maximum Gasteiger partial charge on any atom is 0.315 e. The third-order valence-electron chi connectivity index (χ3n) is 4.36. The second-order valence-electron chi connectivity index (χ2n) is 6.21. The molecule has 2 N–H and O–H groups in total. The van der Waals surface area contributed by atoms with Crippen molar-refractivity contribution in [2.45, 2.75) is 37.2 Å². The zero-order valence-corrected chi connectivity index (χ0v) is 15.7. The van der Waals surface area contributed by atoms with Crippen molar-refractivity contribution in [2.75, 3.05) is 12.4 Å². The minimum Gasteiger partial charge on any atom is -0.494 e. The van der Waals surface area contributed by atoms with Gasteiger partial charge in [0.2, 0.25) is 0 Å². The van der Waals surface area contributed by atoms with Gasteiger partial charge in [-0.2, -0.15) is 0 Å². The van der Waals surface area contributed by atoms with Crippen LogP contribution >= 0.6 is 11.8 Å². The molecule has 0 aliphatic carbocycles. The summed E-state index contributed by atoms with van der Waals surface area (Å²) in [7, 11) is 0. The molecule has 0 bridgehead atoms. The first-order chi connectivity index (χ1) is 12.6. The summed E-state index contributed by atoms with van der Waals surface area (Å²) in [5.74, 6) is 1.44. The molecule has 2 aromatic rings. The molecule has 3 rings (SSSR count). The molecule has 0 spiro atoms. The van der Waals surface area contributed by atoms with Gasteiger partial charge in [-0.05, 0) is 61.7 Å². The molecule has 138 valence electrons. The highest BCUT2D eigenvalue weighted by Crippen LogP contribution is 2.36. The van der Waals surface area contributed by atoms with E-state index < -0.39 is 0 Å². The van der Waals surface area contributed by atoms with Gasteiger partial charge in [0.05, 0.1) is 18.7 Å². The number of ether oxygens (including phenoxy) is 1. The van der Waals surface area contributed by atoms with E-state index in [1.807, 2.05) is 38.1 Å². The average Bonchev–Trinajstić information content (AvgIpc) is 2.63. The maximum absolute atomic E-state index is 13.6. The van der Waals surface area contributed by atoms with Crippen LogP contribution in [0.1, 0.15) is 43.5 Å². The smallest absolute Gasteiger partial charge is 0.315 e. The standard InChI is InChI=1S/C20H23FN2O2S/c1-3-25-16-7-4-14(5-8-16)13(2)22-20(24)23-18-10-11-26-19-9-6-15(21)12-17(18)19/h4-9,12-13,18H,3,10-11H2,1-2H3,(H2,22,23,24)/t13-,18-/m0/s1. The van der Waals surface area contributed by atoms with Gasteiger partial charge in [-0.1, -0.05) is 12.1 Å². The number of hydrogen-bond donors (Lipinski definition) is 2.